The van der Waals surface area contributed by atoms with E-state index in [0.29, 0.717) is 5.95 Å². The summed E-state index contributed by atoms with van der Waals surface area (Å²) >= 11 is 0. The van der Waals surface area contributed by atoms with E-state index in [-0.39, 0.29) is 0 Å². The maximum Gasteiger partial charge on any atom is 0.221 e. The molecule has 2 heterocycles. The molecule has 1 unspecified atom stereocenters. The monoisotopic (exact) mass is 206 g/mol. The van der Waals surface area contributed by atoms with Gasteiger partial charge in [-0.3, -0.25) is 0 Å². The van der Waals surface area contributed by atoms with E-state index in [1.165, 1.54) is 19.3 Å². The molecule has 0 radical (unpaired) electrons. The number of hydrogen-bond donors (Lipinski definition) is 1. The molecule has 0 amide bonds. The largest absolute Gasteiger partial charge is 0.368 e. The average Bonchev–Trinajstić information content (AvgIpc) is 2.43. The van der Waals surface area contributed by atoms with Gasteiger partial charge in [0.2, 0.25) is 5.95 Å². The standard InChI is InChI=1S/C11H18N4/c1-9-3-2-7-15(8-5-9)10-4-6-13-11(12)14-10/h4,6,9H,2-3,5,7-8H2,1H3,(H2,12,13,14). The van der Waals surface area contributed by atoms with Crippen molar-refractivity contribution >= 4 is 11.8 Å². The van der Waals surface area contributed by atoms with Gasteiger partial charge in [0.05, 0.1) is 0 Å². The average molecular weight is 206 g/mol. The minimum absolute atomic E-state index is 0.366. The van der Waals surface area contributed by atoms with Gasteiger partial charge in [0.25, 0.3) is 0 Å². The van der Waals surface area contributed by atoms with Crippen molar-refractivity contribution in [3.05, 3.63) is 12.3 Å². The molecule has 1 aliphatic rings. The zero-order chi connectivity index (χ0) is 10.7. The highest BCUT2D eigenvalue weighted by molar-refractivity contribution is 5.40. The Bertz CT molecular complexity index is 326. The first kappa shape index (κ1) is 10.2. The molecule has 1 atom stereocenters. The van der Waals surface area contributed by atoms with Crippen LogP contribution in [-0.2, 0) is 0 Å². The summed E-state index contributed by atoms with van der Waals surface area (Å²) in [6.45, 7) is 4.48. The lowest BCUT2D eigenvalue weighted by atomic mass is 10.0. The van der Waals surface area contributed by atoms with Gasteiger partial charge in [0.1, 0.15) is 5.82 Å². The third kappa shape index (κ3) is 2.58. The van der Waals surface area contributed by atoms with E-state index in [0.717, 1.165) is 24.8 Å². The molecule has 15 heavy (non-hydrogen) atoms. The van der Waals surface area contributed by atoms with Crippen LogP contribution >= 0.6 is 0 Å². The van der Waals surface area contributed by atoms with Crippen LogP contribution in [0.1, 0.15) is 26.2 Å². The van der Waals surface area contributed by atoms with Gasteiger partial charge >= 0.3 is 0 Å². The molecule has 1 aliphatic heterocycles. The van der Waals surface area contributed by atoms with Crippen molar-refractivity contribution in [3.63, 3.8) is 0 Å². The normalized spacial score (nSPS) is 22.5. The zero-order valence-electron chi connectivity index (χ0n) is 9.19. The highest BCUT2D eigenvalue weighted by Gasteiger charge is 2.14. The highest BCUT2D eigenvalue weighted by atomic mass is 15.2. The van der Waals surface area contributed by atoms with E-state index >= 15 is 0 Å². The van der Waals surface area contributed by atoms with E-state index in [1.807, 2.05) is 6.07 Å². The van der Waals surface area contributed by atoms with Crippen molar-refractivity contribution in [3.8, 4) is 0 Å². The van der Waals surface area contributed by atoms with Crippen molar-refractivity contribution in [1.29, 1.82) is 0 Å². The summed E-state index contributed by atoms with van der Waals surface area (Å²) in [5.74, 6) is 2.16. The van der Waals surface area contributed by atoms with Gasteiger partial charge in [-0.2, -0.15) is 4.98 Å². The lowest BCUT2D eigenvalue weighted by molar-refractivity contribution is 0.521. The summed E-state index contributed by atoms with van der Waals surface area (Å²) in [4.78, 5) is 10.5. The predicted octanol–water partition coefficient (Wildman–Crippen LogP) is 1.69. The van der Waals surface area contributed by atoms with Gasteiger partial charge in [-0.05, 0) is 31.2 Å². The van der Waals surface area contributed by atoms with E-state index in [4.69, 9.17) is 5.73 Å². The molecule has 0 aliphatic carbocycles. The van der Waals surface area contributed by atoms with Crippen LogP contribution < -0.4 is 10.6 Å². The lowest BCUT2D eigenvalue weighted by Crippen LogP contribution is -2.25. The Morgan fingerprint density at radius 2 is 2.27 bits per heavy atom. The van der Waals surface area contributed by atoms with Crippen LogP contribution in [0.25, 0.3) is 0 Å². The molecule has 1 aromatic rings. The predicted molar refractivity (Wildman–Crippen MR) is 61.7 cm³/mol. The van der Waals surface area contributed by atoms with E-state index in [2.05, 4.69) is 21.8 Å². The van der Waals surface area contributed by atoms with Crippen molar-refractivity contribution in [2.24, 2.45) is 5.92 Å². The Balaban J connectivity index is 2.09. The molecule has 0 spiro atoms. The molecular weight excluding hydrogens is 188 g/mol. The van der Waals surface area contributed by atoms with Crippen molar-refractivity contribution in [1.82, 2.24) is 9.97 Å². The number of anilines is 2. The highest BCUT2D eigenvalue weighted by Crippen LogP contribution is 2.20. The zero-order valence-corrected chi connectivity index (χ0v) is 9.19. The van der Waals surface area contributed by atoms with Gasteiger partial charge in [0.15, 0.2) is 0 Å². The molecule has 0 saturated carbocycles. The van der Waals surface area contributed by atoms with Crippen molar-refractivity contribution in [2.45, 2.75) is 26.2 Å². The third-order valence-electron chi connectivity index (χ3n) is 3.00. The number of nitrogens with two attached hydrogens (primary N) is 1. The minimum atomic E-state index is 0.366. The van der Waals surface area contributed by atoms with Crippen LogP contribution in [0.15, 0.2) is 12.3 Å². The maximum absolute atomic E-state index is 5.58. The fraction of sp³-hybridized carbons (Fsp3) is 0.636. The molecule has 4 heteroatoms. The summed E-state index contributed by atoms with van der Waals surface area (Å²) < 4.78 is 0. The second kappa shape index (κ2) is 4.47. The summed E-state index contributed by atoms with van der Waals surface area (Å²) in [5.41, 5.74) is 5.58. The topological polar surface area (TPSA) is 55.0 Å². The van der Waals surface area contributed by atoms with Crippen molar-refractivity contribution < 1.29 is 0 Å². The van der Waals surface area contributed by atoms with Gasteiger partial charge in [-0.1, -0.05) is 6.92 Å². The Labute approximate surface area is 90.5 Å². The number of aromatic nitrogens is 2. The maximum atomic E-state index is 5.58. The quantitative estimate of drug-likeness (QED) is 0.759. The molecular formula is C11H18N4. The van der Waals surface area contributed by atoms with Crippen LogP contribution in [0.4, 0.5) is 11.8 Å². The van der Waals surface area contributed by atoms with Crippen LogP contribution in [0.2, 0.25) is 0 Å². The fourth-order valence-corrected chi connectivity index (χ4v) is 2.03. The number of nitrogen functional groups attached to an aromatic ring is 1. The molecule has 82 valence electrons. The Morgan fingerprint density at radius 1 is 1.40 bits per heavy atom. The first-order valence-corrected chi connectivity index (χ1v) is 5.59. The molecule has 2 N–H and O–H groups in total. The Hall–Kier alpha value is -1.32. The number of rotatable bonds is 1. The fourth-order valence-electron chi connectivity index (χ4n) is 2.03. The molecule has 2 rings (SSSR count). The summed E-state index contributed by atoms with van der Waals surface area (Å²) in [7, 11) is 0. The van der Waals surface area contributed by atoms with Gasteiger partial charge in [-0.15, -0.1) is 0 Å². The summed E-state index contributed by atoms with van der Waals surface area (Å²) in [6, 6.07) is 1.94. The SMILES string of the molecule is CC1CCCN(c2ccnc(N)n2)CC1. The molecule has 1 saturated heterocycles. The molecule has 1 fully saturated rings. The molecule has 1 aromatic heterocycles. The van der Waals surface area contributed by atoms with Crippen LogP contribution in [0.5, 0.6) is 0 Å². The van der Waals surface area contributed by atoms with E-state index in [1.54, 1.807) is 6.20 Å². The third-order valence-corrected chi connectivity index (χ3v) is 3.00. The molecule has 4 nitrogen and oxygen atoms in total. The van der Waals surface area contributed by atoms with Crippen molar-refractivity contribution in [2.75, 3.05) is 23.7 Å². The van der Waals surface area contributed by atoms with E-state index < -0.39 is 0 Å². The minimum Gasteiger partial charge on any atom is -0.368 e. The van der Waals surface area contributed by atoms with E-state index in [9.17, 15) is 0 Å². The Kier molecular flexibility index (Phi) is 3.04. The van der Waals surface area contributed by atoms with Crippen LogP contribution in [0, 0.1) is 5.92 Å². The molecule has 0 aromatic carbocycles. The first-order valence-electron chi connectivity index (χ1n) is 5.59. The number of nitrogens with zero attached hydrogens (tertiary/aromatic N) is 3. The second-order valence-electron chi connectivity index (χ2n) is 4.30. The van der Waals surface area contributed by atoms with Gasteiger partial charge < -0.3 is 10.6 Å². The van der Waals surface area contributed by atoms with Crippen LogP contribution in [0.3, 0.4) is 0 Å². The molecule has 0 bridgehead atoms. The first-order chi connectivity index (χ1) is 7.25. The number of hydrogen-bond acceptors (Lipinski definition) is 4. The summed E-state index contributed by atoms with van der Waals surface area (Å²) in [5, 5.41) is 0. The summed E-state index contributed by atoms with van der Waals surface area (Å²) in [6.07, 6.45) is 5.53. The van der Waals surface area contributed by atoms with Gasteiger partial charge in [0, 0.05) is 19.3 Å². The second-order valence-corrected chi connectivity index (χ2v) is 4.30. The Morgan fingerprint density at radius 3 is 3.07 bits per heavy atom. The lowest BCUT2D eigenvalue weighted by Gasteiger charge is -2.21. The van der Waals surface area contributed by atoms with Crippen LogP contribution in [-0.4, -0.2) is 23.1 Å². The smallest absolute Gasteiger partial charge is 0.221 e. The van der Waals surface area contributed by atoms with Gasteiger partial charge in [-0.25, -0.2) is 4.98 Å².